The SMILES string of the molecule is C/C=C/CCNc1c(F)cc(C(=O)O)cc1F. The molecule has 0 bridgehead atoms. The molecule has 3 nitrogen and oxygen atoms in total. The maximum absolute atomic E-state index is 13.4. The lowest BCUT2D eigenvalue weighted by Gasteiger charge is -2.08. The van der Waals surface area contributed by atoms with E-state index in [9.17, 15) is 13.6 Å². The fourth-order valence-electron chi connectivity index (χ4n) is 1.31. The minimum absolute atomic E-state index is 0.292. The Labute approximate surface area is 97.8 Å². The number of hydrogen-bond donors (Lipinski definition) is 2. The van der Waals surface area contributed by atoms with E-state index < -0.39 is 23.2 Å². The van der Waals surface area contributed by atoms with E-state index in [2.05, 4.69) is 5.32 Å². The van der Waals surface area contributed by atoms with Gasteiger partial charge in [-0.15, -0.1) is 0 Å². The van der Waals surface area contributed by atoms with Crippen LogP contribution in [-0.4, -0.2) is 17.6 Å². The number of carboxylic acid groups (broad SMARTS) is 1. The van der Waals surface area contributed by atoms with Gasteiger partial charge in [0.2, 0.25) is 0 Å². The fourth-order valence-corrected chi connectivity index (χ4v) is 1.31. The van der Waals surface area contributed by atoms with E-state index in [1.54, 1.807) is 0 Å². The number of benzene rings is 1. The monoisotopic (exact) mass is 241 g/mol. The summed E-state index contributed by atoms with van der Waals surface area (Å²) in [6.45, 7) is 2.23. The van der Waals surface area contributed by atoms with Crippen LogP contribution in [0.2, 0.25) is 0 Å². The molecule has 1 aromatic carbocycles. The van der Waals surface area contributed by atoms with Crippen molar-refractivity contribution in [3.05, 3.63) is 41.5 Å². The van der Waals surface area contributed by atoms with E-state index in [1.807, 2.05) is 19.1 Å². The molecule has 5 heteroatoms. The van der Waals surface area contributed by atoms with Crippen LogP contribution in [0.5, 0.6) is 0 Å². The van der Waals surface area contributed by atoms with Crippen LogP contribution in [0.1, 0.15) is 23.7 Å². The molecule has 0 heterocycles. The number of carboxylic acids is 1. The van der Waals surface area contributed by atoms with E-state index in [-0.39, 0.29) is 5.69 Å². The number of rotatable bonds is 5. The van der Waals surface area contributed by atoms with Crippen LogP contribution >= 0.6 is 0 Å². The molecule has 17 heavy (non-hydrogen) atoms. The summed E-state index contributed by atoms with van der Waals surface area (Å²) in [5.74, 6) is -3.16. The van der Waals surface area contributed by atoms with E-state index in [0.29, 0.717) is 13.0 Å². The highest BCUT2D eigenvalue weighted by Crippen LogP contribution is 2.20. The fraction of sp³-hybridized carbons (Fsp3) is 0.250. The van der Waals surface area contributed by atoms with Gasteiger partial charge < -0.3 is 10.4 Å². The molecular weight excluding hydrogens is 228 g/mol. The van der Waals surface area contributed by atoms with Gasteiger partial charge in [-0.25, -0.2) is 13.6 Å². The van der Waals surface area contributed by atoms with Crippen molar-refractivity contribution in [2.45, 2.75) is 13.3 Å². The minimum Gasteiger partial charge on any atom is -0.478 e. The van der Waals surface area contributed by atoms with Gasteiger partial charge in [0.05, 0.1) is 5.56 Å². The lowest BCUT2D eigenvalue weighted by atomic mass is 10.2. The van der Waals surface area contributed by atoms with E-state index in [1.165, 1.54) is 0 Å². The van der Waals surface area contributed by atoms with Crippen LogP contribution in [-0.2, 0) is 0 Å². The van der Waals surface area contributed by atoms with Gasteiger partial charge >= 0.3 is 5.97 Å². The lowest BCUT2D eigenvalue weighted by molar-refractivity contribution is 0.0696. The van der Waals surface area contributed by atoms with Crippen LogP contribution in [0.3, 0.4) is 0 Å². The average Bonchev–Trinajstić information content (AvgIpc) is 2.26. The second kappa shape index (κ2) is 5.98. The maximum Gasteiger partial charge on any atom is 0.335 e. The van der Waals surface area contributed by atoms with Crippen molar-refractivity contribution in [3.63, 3.8) is 0 Å². The summed E-state index contributed by atoms with van der Waals surface area (Å²) in [6.07, 6.45) is 4.33. The van der Waals surface area contributed by atoms with Gasteiger partial charge in [-0.2, -0.15) is 0 Å². The lowest BCUT2D eigenvalue weighted by Crippen LogP contribution is -2.07. The third kappa shape index (κ3) is 3.55. The largest absolute Gasteiger partial charge is 0.478 e. The van der Waals surface area contributed by atoms with Gasteiger partial charge in [0.1, 0.15) is 17.3 Å². The Morgan fingerprint density at radius 1 is 1.41 bits per heavy atom. The summed E-state index contributed by atoms with van der Waals surface area (Å²) in [6, 6.07) is 1.59. The molecule has 0 aromatic heterocycles. The first kappa shape index (κ1) is 13.2. The summed E-state index contributed by atoms with van der Waals surface area (Å²) < 4.78 is 26.8. The van der Waals surface area contributed by atoms with Crippen LogP contribution in [0.15, 0.2) is 24.3 Å². The van der Waals surface area contributed by atoms with Crippen LogP contribution < -0.4 is 5.32 Å². The molecular formula is C12H13F2NO2. The van der Waals surface area contributed by atoms with Crippen molar-refractivity contribution in [3.8, 4) is 0 Å². The number of carbonyl (C=O) groups is 1. The molecule has 2 N–H and O–H groups in total. The molecule has 0 radical (unpaired) electrons. The molecule has 0 aliphatic rings. The number of hydrogen-bond acceptors (Lipinski definition) is 2. The predicted octanol–water partition coefficient (Wildman–Crippen LogP) is 3.04. The molecule has 0 aliphatic heterocycles. The molecule has 0 saturated carbocycles. The van der Waals surface area contributed by atoms with Gasteiger partial charge in [0.15, 0.2) is 0 Å². The molecule has 1 aromatic rings. The Bertz CT molecular complexity index is 421. The summed E-state index contributed by atoms with van der Waals surface area (Å²) in [5.41, 5.74) is -0.696. The van der Waals surface area contributed by atoms with Crippen molar-refractivity contribution in [1.29, 1.82) is 0 Å². The van der Waals surface area contributed by atoms with E-state index in [4.69, 9.17) is 5.11 Å². The second-order valence-corrected chi connectivity index (χ2v) is 3.40. The Hall–Kier alpha value is -1.91. The molecule has 92 valence electrons. The quantitative estimate of drug-likeness (QED) is 0.615. The minimum atomic E-state index is -1.36. The number of halogens is 2. The molecule has 0 aliphatic carbocycles. The van der Waals surface area contributed by atoms with Crippen molar-refractivity contribution in [2.75, 3.05) is 11.9 Å². The zero-order valence-corrected chi connectivity index (χ0v) is 9.34. The third-order valence-corrected chi connectivity index (χ3v) is 2.14. The van der Waals surface area contributed by atoms with Crippen LogP contribution in [0.4, 0.5) is 14.5 Å². The highest BCUT2D eigenvalue weighted by atomic mass is 19.1. The smallest absolute Gasteiger partial charge is 0.335 e. The van der Waals surface area contributed by atoms with Crippen molar-refractivity contribution >= 4 is 11.7 Å². The highest BCUT2D eigenvalue weighted by Gasteiger charge is 2.13. The first-order valence-corrected chi connectivity index (χ1v) is 5.13. The number of anilines is 1. The van der Waals surface area contributed by atoms with Crippen molar-refractivity contribution in [1.82, 2.24) is 0 Å². The standard InChI is InChI=1S/C12H13F2NO2/c1-2-3-4-5-15-11-9(13)6-8(12(16)17)7-10(11)14/h2-3,6-7,15H,4-5H2,1H3,(H,16,17)/b3-2+. The highest BCUT2D eigenvalue weighted by molar-refractivity contribution is 5.88. The first-order chi connectivity index (χ1) is 8.06. The Kier molecular flexibility index (Phi) is 4.63. The molecule has 0 amide bonds. The second-order valence-electron chi connectivity index (χ2n) is 3.40. The molecule has 1 rings (SSSR count). The Morgan fingerprint density at radius 2 is 2.00 bits per heavy atom. The summed E-state index contributed by atoms with van der Waals surface area (Å²) in [5, 5.41) is 11.2. The molecule has 0 unspecified atom stereocenters. The summed E-state index contributed by atoms with van der Waals surface area (Å²) in [7, 11) is 0. The zero-order chi connectivity index (χ0) is 12.8. The summed E-state index contributed by atoms with van der Waals surface area (Å²) in [4.78, 5) is 10.6. The van der Waals surface area contributed by atoms with E-state index >= 15 is 0 Å². The summed E-state index contributed by atoms with van der Waals surface area (Å²) >= 11 is 0. The molecule has 0 fully saturated rings. The van der Waals surface area contributed by atoms with Crippen molar-refractivity contribution in [2.24, 2.45) is 0 Å². The van der Waals surface area contributed by atoms with Gasteiger partial charge in [0.25, 0.3) is 0 Å². The number of allylic oxidation sites excluding steroid dienone is 1. The maximum atomic E-state index is 13.4. The number of nitrogens with one attached hydrogen (secondary N) is 1. The van der Waals surface area contributed by atoms with Gasteiger partial charge in [-0.1, -0.05) is 12.2 Å². The van der Waals surface area contributed by atoms with Gasteiger partial charge in [-0.3, -0.25) is 0 Å². The molecule has 0 saturated heterocycles. The van der Waals surface area contributed by atoms with Gasteiger partial charge in [0, 0.05) is 6.54 Å². The van der Waals surface area contributed by atoms with E-state index in [0.717, 1.165) is 12.1 Å². The topological polar surface area (TPSA) is 49.3 Å². The first-order valence-electron chi connectivity index (χ1n) is 5.13. The zero-order valence-electron chi connectivity index (χ0n) is 9.34. The predicted molar refractivity (Wildman–Crippen MR) is 61.2 cm³/mol. The van der Waals surface area contributed by atoms with Gasteiger partial charge in [-0.05, 0) is 25.5 Å². The van der Waals surface area contributed by atoms with Crippen LogP contribution in [0.25, 0.3) is 0 Å². The molecule has 0 spiro atoms. The normalized spacial score (nSPS) is 10.8. The third-order valence-electron chi connectivity index (χ3n) is 2.14. The van der Waals surface area contributed by atoms with Crippen molar-refractivity contribution < 1.29 is 18.7 Å². The average molecular weight is 241 g/mol. The van der Waals surface area contributed by atoms with Crippen LogP contribution in [0, 0.1) is 11.6 Å². The molecule has 0 atom stereocenters. The Morgan fingerprint density at radius 3 is 2.47 bits per heavy atom. The Balaban J connectivity index is 2.82. The number of aromatic carboxylic acids is 1.